The Labute approximate surface area is 103 Å². The van der Waals surface area contributed by atoms with E-state index in [4.69, 9.17) is 0 Å². The van der Waals surface area contributed by atoms with Crippen molar-refractivity contribution in [1.82, 2.24) is 25.4 Å². The van der Waals surface area contributed by atoms with E-state index in [1.807, 2.05) is 41.3 Å². The van der Waals surface area contributed by atoms with Crippen LogP contribution in [0.2, 0.25) is 0 Å². The summed E-state index contributed by atoms with van der Waals surface area (Å²) in [5.74, 6) is 2.13. The maximum atomic E-state index is 4.32. The molecule has 0 spiro atoms. The van der Waals surface area contributed by atoms with Crippen molar-refractivity contribution in [2.45, 2.75) is 0 Å². The summed E-state index contributed by atoms with van der Waals surface area (Å²) in [5, 5.41) is 10.5. The molecule has 0 unspecified atom stereocenters. The van der Waals surface area contributed by atoms with Crippen LogP contribution in [0, 0.1) is 0 Å². The SMILES string of the molecule is c1ccc(N(c2ccccn2)c2cn[nH]n2)nc1. The topological polar surface area (TPSA) is 70.6 Å². The normalized spacial score (nSPS) is 10.2. The first-order valence-electron chi connectivity index (χ1n) is 5.43. The van der Waals surface area contributed by atoms with Crippen LogP contribution in [0.15, 0.2) is 55.0 Å². The summed E-state index contributed by atoms with van der Waals surface area (Å²) < 4.78 is 0. The number of anilines is 3. The predicted octanol–water partition coefficient (Wildman–Crippen LogP) is 2.06. The van der Waals surface area contributed by atoms with E-state index in [9.17, 15) is 0 Å². The molecule has 0 aliphatic carbocycles. The number of rotatable bonds is 3. The summed E-state index contributed by atoms with van der Waals surface area (Å²) in [6.45, 7) is 0. The van der Waals surface area contributed by atoms with E-state index in [2.05, 4.69) is 25.4 Å². The molecule has 3 rings (SSSR count). The molecule has 0 atom stereocenters. The zero-order valence-electron chi connectivity index (χ0n) is 9.43. The first kappa shape index (κ1) is 10.4. The summed E-state index contributed by atoms with van der Waals surface area (Å²) in [7, 11) is 0. The Morgan fingerprint density at radius 3 is 1.94 bits per heavy atom. The van der Waals surface area contributed by atoms with Crippen molar-refractivity contribution in [3.63, 3.8) is 0 Å². The number of nitrogens with zero attached hydrogens (tertiary/aromatic N) is 5. The lowest BCUT2D eigenvalue weighted by molar-refractivity contribution is 0.932. The number of nitrogens with one attached hydrogen (secondary N) is 1. The van der Waals surface area contributed by atoms with Crippen molar-refractivity contribution in [2.75, 3.05) is 4.90 Å². The summed E-state index contributed by atoms with van der Waals surface area (Å²) in [5.41, 5.74) is 0. The minimum atomic E-state index is 0.646. The van der Waals surface area contributed by atoms with Gasteiger partial charge in [0.2, 0.25) is 0 Å². The van der Waals surface area contributed by atoms with Crippen LogP contribution in [0.3, 0.4) is 0 Å². The van der Waals surface area contributed by atoms with Crippen LogP contribution in [0.5, 0.6) is 0 Å². The Morgan fingerprint density at radius 1 is 0.833 bits per heavy atom. The van der Waals surface area contributed by atoms with Crippen LogP contribution in [0.25, 0.3) is 0 Å². The molecule has 0 saturated heterocycles. The van der Waals surface area contributed by atoms with Gasteiger partial charge in [0.1, 0.15) is 11.6 Å². The molecule has 6 nitrogen and oxygen atoms in total. The molecule has 0 aliphatic rings. The molecule has 0 aliphatic heterocycles. The minimum absolute atomic E-state index is 0.646. The molecule has 0 bridgehead atoms. The van der Waals surface area contributed by atoms with E-state index >= 15 is 0 Å². The van der Waals surface area contributed by atoms with E-state index < -0.39 is 0 Å². The number of H-pyrrole nitrogens is 1. The fourth-order valence-electron chi connectivity index (χ4n) is 1.63. The predicted molar refractivity (Wildman–Crippen MR) is 66.7 cm³/mol. The standard InChI is InChI=1S/C12H10N6/c1-3-7-13-10(5-1)18(12-9-15-17-16-12)11-6-2-4-8-14-11/h1-9H,(H,15,16,17). The highest BCUT2D eigenvalue weighted by Crippen LogP contribution is 2.28. The van der Waals surface area contributed by atoms with Crippen LogP contribution >= 0.6 is 0 Å². The van der Waals surface area contributed by atoms with Gasteiger partial charge in [0, 0.05) is 12.4 Å². The summed E-state index contributed by atoms with van der Waals surface area (Å²) >= 11 is 0. The molecule has 88 valence electrons. The molecule has 0 radical (unpaired) electrons. The zero-order valence-corrected chi connectivity index (χ0v) is 9.43. The highest BCUT2D eigenvalue weighted by Gasteiger charge is 2.15. The molecule has 3 aromatic rings. The molecule has 1 N–H and O–H groups in total. The van der Waals surface area contributed by atoms with Gasteiger partial charge < -0.3 is 0 Å². The molecule has 0 aromatic carbocycles. The fraction of sp³-hybridized carbons (Fsp3) is 0. The average Bonchev–Trinajstić information content (AvgIpc) is 2.95. The third-order valence-electron chi connectivity index (χ3n) is 2.39. The molecule has 0 amide bonds. The third kappa shape index (κ3) is 1.91. The van der Waals surface area contributed by atoms with Gasteiger partial charge in [0.25, 0.3) is 0 Å². The molecule has 18 heavy (non-hydrogen) atoms. The van der Waals surface area contributed by atoms with E-state index in [0.717, 1.165) is 11.6 Å². The Balaban J connectivity index is 2.11. The Kier molecular flexibility index (Phi) is 2.67. The van der Waals surface area contributed by atoms with Gasteiger partial charge >= 0.3 is 0 Å². The number of aromatic nitrogens is 5. The maximum Gasteiger partial charge on any atom is 0.182 e. The molecule has 6 heteroatoms. The largest absolute Gasteiger partial charge is 0.260 e. The molecule has 3 heterocycles. The summed E-state index contributed by atoms with van der Waals surface area (Å²) in [6.07, 6.45) is 5.08. The van der Waals surface area contributed by atoms with Crippen molar-refractivity contribution in [1.29, 1.82) is 0 Å². The van der Waals surface area contributed by atoms with Crippen molar-refractivity contribution < 1.29 is 0 Å². The van der Waals surface area contributed by atoms with Gasteiger partial charge in [-0.3, -0.25) is 4.90 Å². The first-order valence-corrected chi connectivity index (χ1v) is 5.43. The Morgan fingerprint density at radius 2 is 1.50 bits per heavy atom. The van der Waals surface area contributed by atoms with Gasteiger partial charge in [-0.2, -0.15) is 10.3 Å². The molecular formula is C12H10N6. The molecule has 3 aromatic heterocycles. The van der Waals surface area contributed by atoms with Gasteiger partial charge in [-0.25, -0.2) is 9.97 Å². The highest BCUT2D eigenvalue weighted by atomic mass is 15.4. The smallest absolute Gasteiger partial charge is 0.182 e. The lowest BCUT2D eigenvalue weighted by Gasteiger charge is -2.19. The zero-order chi connectivity index (χ0) is 12.2. The van der Waals surface area contributed by atoms with Crippen LogP contribution in [0.1, 0.15) is 0 Å². The first-order chi connectivity index (χ1) is 8.95. The van der Waals surface area contributed by atoms with Crippen molar-refractivity contribution >= 4 is 17.5 Å². The highest BCUT2D eigenvalue weighted by molar-refractivity contribution is 5.68. The van der Waals surface area contributed by atoms with E-state index in [0.29, 0.717) is 5.82 Å². The summed E-state index contributed by atoms with van der Waals surface area (Å²) in [6, 6.07) is 11.3. The van der Waals surface area contributed by atoms with Gasteiger partial charge in [0.05, 0.1) is 6.20 Å². The quantitative estimate of drug-likeness (QED) is 0.756. The summed E-state index contributed by atoms with van der Waals surface area (Å²) in [4.78, 5) is 10.5. The van der Waals surface area contributed by atoms with Gasteiger partial charge in [-0.1, -0.05) is 12.1 Å². The molecule has 0 saturated carbocycles. The Hall–Kier alpha value is -2.76. The Bertz CT molecular complexity index is 554. The van der Waals surface area contributed by atoms with E-state index in [1.54, 1.807) is 18.6 Å². The molecule has 0 fully saturated rings. The third-order valence-corrected chi connectivity index (χ3v) is 2.39. The van der Waals surface area contributed by atoms with Gasteiger partial charge in [-0.15, -0.1) is 5.10 Å². The number of hydrogen-bond acceptors (Lipinski definition) is 5. The van der Waals surface area contributed by atoms with E-state index in [-0.39, 0.29) is 0 Å². The van der Waals surface area contributed by atoms with Crippen LogP contribution in [-0.4, -0.2) is 25.4 Å². The van der Waals surface area contributed by atoms with Crippen molar-refractivity contribution in [2.24, 2.45) is 0 Å². The average molecular weight is 238 g/mol. The maximum absolute atomic E-state index is 4.32. The van der Waals surface area contributed by atoms with Crippen LogP contribution in [0.4, 0.5) is 17.5 Å². The second-order valence-electron chi connectivity index (χ2n) is 3.54. The van der Waals surface area contributed by atoms with Gasteiger partial charge in [-0.05, 0) is 24.3 Å². The van der Waals surface area contributed by atoms with Crippen LogP contribution < -0.4 is 4.90 Å². The second-order valence-corrected chi connectivity index (χ2v) is 3.54. The number of hydrogen-bond donors (Lipinski definition) is 1. The minimum Gasteiger partial charge on any atom is -0.260 e. The van der Waals surface area contributed by atoms with Crippen molar-refractivity contribution in [3.05, 3.63) is 55.0 Å². The second kappa shape index (κ2) is 4.62. The number of aromatic amines is 1. The van der Waals surface area contributed by atoms with Gasteiger partial charge in [0.15, 0.2) is 5.82 Å². The van der Waals surface area contributed by atoms with Crippen molar-refractivity contribution in [3.8, 4) is 0 Å². The lowest BCUT2D eigenvalue weighted by atomic mass is 10.3. The molecular weight excluding hydrogens is 228 g/mol. The fourth-order valence-corrected chi connectivity index (χ4v) is 1.63. The van der Waals surface area contributed by atoms with E-state index in [1.165, 1.54) is 0 Å². The number of pyridine rings is 2. The van der Waals surface area contributed by atoms with Crippen LogP contribution in [-0.2, 0) is 0 Å². The lowest BCUT2D eigenvalue weighted by Crippen LogP contribution is -2.13. The monoisotopic (exact) mass is 238 g/mol.